The zero-order chi connectivity index (χ0) is 9.97. The van der Waals surface area contributed by atoms with Crippen molar-refractivity contribution in [2.24, 2.45) is 0 Å². The first-order valence-electron chi connectivity index (χ1n) is 3.91. The summed E-state index contributed by atoms with van der Waals surface area (Å²) in [5.41, 5.74) is 1.45. The van der Waals surface area contributed by atoms with Crippen LogP contribution in [0.3, 0.4) is 0 Å². The summed E-state index contributed by atoms with van der Waals surface area (Å²) in [6, 6.07) is 9.40. The van der Waals surface area contributed by atoms with Gasteiger partial charge in [0.15, 0.2) is 5.69 Å². The first-order valence-corrected chi connectivity index (χ1v) is 5.17. The maximum Gasteiger partial charge on any atom is 0.152 e. The van der Waals surface area contributed by atoms with Crippen molar-refractivity contribution < 1.29 is 0 Å². The van der Waals surface area contributed by atoms with E-state index in [1.54, 1.807) is 5.38 Å². The fourth-order valence-electron chi connectivity index (χ4n) is 1.05. The summed E-state index contributed by atoms with van der Waals surface area (Å²) in [4.78, 5) is 4.14. The predicted molar refractivity (Wildman–Crippen MR) is 57.3 cm³/mol. The van der Waals surface area contributed by atoms with Crippen molar-refractivity contribution in [1.29, 1.82) is 5.26 Å². The van der Waals surface area contributed by atoms with Crippen LogP contribution in [-0.4, -0.2) is 4.98 Å². The zero-order valence-corrected chi connectivity index (χ0v) is 8.64. The summed E-state index contributed by atoms with van der Waals surface area (Å²) in [6.07, 6.45) is 0. The van der Waals surface area contributed by atoms with E-state index in [2.05, 4.69) is 4.98 Å². The van der Waals surface area contributed by atoms with Crippen molar-refractivity contribution in [1.82, 2.24) is 4.98 Å². The average Bonchev–Trinajstić information content (AvgIpc) is 2.67. The molecule has 0 aliphatic carbocycles. The van der Waals surface area contributed by atoms with Crippen LogP contribution in [0.5, 0.6) is 0 Å². The molecule has 0 unspecified atom stereocenters. The Morgan fingerprint density at radius 2 is 2.00 bits per heavy atom. The van der Waals surface area contributed by atoms with Gasteiger partial charge < -0.3 is 0 Å². The van der Waals surface area contributed by atoms with Gasteiger partial charge in [-0.3, -0.25) is 0 Å². The smallest absolute Gasteiger partial charge is 0.152 e. The van der Waals surface area contributed by atoms with Crippen LogP contribution in [0.1, 0.15) is 5.69 Å². The molecule has 0 fully saturated rings. The topological polar surface area (TPSA) is 36.7 Å². The van der Waals surface area contributed by atoms with E-state index in [0.29, 0.717) is 10.7 Å². The van der Waals surface area contributed by atoms with Crippen molar-refractivity contribution in [3.63, 3.8) is 0 Å². The standard InChI is InChI=1S/C10H5ClN2S/c11-8-3-1-7(2-4-8)10-13-9(5-12)6-14-10/h1-4,6H. The van der Waals surface area contributed by atoms with E-state index < -0.39 is 0 Å². The number of hydrogen-bond donors (Lipinski definition) is 0. The van der Waals surface area contributed by atoms with E-state index in [-0.39, 0.29) is 0 Å². The second kappa shape index (κ2) is 3.79. The number of nitriles is 1. The van der Waals surface area contributed by atoms with Crippen LogP contribution in [0, 0.1) is 11.3 Å². The molecule has 0 radical (unpaired) electrons. The average molecular weight is 221 g/mol. The summed E-state index contributed by atoms with van der Waals surface area (Å²) in [5.74, 6) is 0. The molecule has 0 aliphatic heterocycles. The molecule has 1 aromatic carbocycles. The Kier molecular flexibility index (Phi) is 2.49. The Labute approximate surface area is 90.4 Å². The number of rotatable bonds is 1. The lowest BCUT2D eigenvalue weighted by molar-refractivity contribution is 1.33. The molecule has 0 spiro atoms. The van der Waals surface area contributed by atoms with Gasteiger partial charge >= 0.3 is 0 Å². The van der Waals surface area contributed by atoms with E-state index in [1.807, 2.05) is 30.3 Å². The lowest BCUT2D eigenvalue weighted by Crippen LogP contribution is -1.76. The van der Waals surface area contributed by atoms with E-state index in [1.165, 1.54) is 11.3 Å². The van der Waals surface area contributed by atoms with Gasteiger partial charge in [-0.05, 0) is 12.1 Å². The highest BCUT2D eigenvalue weighted by atomic mass is 35.5. The van der Waals surface area contributed by atoms with Crippen LogP contribution in [0.4, 0.5) is 0 Å². The molecule has 2 aromatic rings. The van der Waals surface area contributed by atoms with Crippen LogP contribution in [0.25, 0.3) is 10.6 Å². The second-order valence-electron chi connectivity index (χ2n) is 2.66. The van der Waals surface area contributed by atoms with Crippen LogP contribution >= 0.6 is 22.9 Å². The molecular formula is C10H5ClN2S. The largest absolute Gasteiger partial charge is 0.225 e. The molecule has 0 N–H and O–H groups in total. The van der Waals surface area contributed by atoms with Gasteiger partial charge in [-0.1, -0.05) is 23.7 Å². The molecule has 1 aromatic heterocycles. The summed E-state index contributed by atoms with van der Waals surface area (Å²) >= 11 is 7.22. The van der Waals surface area contributed by atoms with Crippen molar-refractivity contribution in [2.75, 3.05) is 0 Å². The molecule has 4 heteroatoms. The third-order valence-corrected chi connectivity index (χ3v) is 2.85. The van der Waals surface area contributed by atoms with E-state index in [0.717, 1.165) is 10.6 Å². The van der Waals surface area contributed by atoms with Crippen LogP contribution in [-0.2, 0) is 0 Å². The van der Waals surface area contributed by atoms with Crippen molar-refractivity contribution >= 4 is 22.9 Å². The van der Waals surface area contributed by atoms with Gasteiger partial charge in [-0.15, -0.1) is 11.3 Å². The number of benzene rings is 1. The molecule has 2 nitrogen and oxygen atoms in total. The molecule has 0 atom stereocenters. The first-order chi connectivity index (χ1) is 6.79. The third kappa shape index (κ3) is 1.77. The monoisotopic (exact) mass is 220 g/mol. The summed E-state index contributed by atoms with van der Waals surface area (Å²) in [5, 5.41) is 11.9. The molecule has 2 rings (SSSR count). The van der Waals surface area contributed by atoms with Gasteiger partial charge in [0.05, 0.1) is 0 Å². The fraction of sp³-hybridized carbons (Fsp3) is 0. The van der Waals surface area contributed by atoms with Gasteiger partial charge in [-0.2, -0.15) is 5.26 Å². The van der Waals surface area contributed by atoms with Crippen LogP contribution < -0.4 is 0 Å². The Hall–Kier alpha value is -1.37. The summed E-state index contributed by atoms with van der Waals surface area (Å²) < 4.78 is 0. The first kappa shape index (κ1) is 9.20. The lowest BCUT2D eigenvalue weighted by Gasteiger charge is -1.94. The van der Waals surface area contributed by atoms with E-state index in [4.69, 9.17) is 16.9 Å². The van der Waals surface area contributed by atoms with Gasteiger partial charge in [0.2, 0.25) is 0 Å². The molecule has 0 amide bonds. The van der Waals surface area contributed by atoms with Crippen molar-refractivity contribution in [3.8, 4) is 16.6 Å². The highest BCUT2D eigenvalue weighted by Crippen LogP contribution is 2.24. The molecule has 0 saturated heterocycles. The van der Waals surface area contributed by atoms with Crippen molar-refractivity contribution in [2.45, 2.75) is 0 Å². The number of halogens is 1. The Bertz CT molecular complexity index is 482. The molecule has 68 valence electrons. The molecule has 0 bridgehead atoms. The Morgan fingerprint density at radius 1 is 1.29 bits per heavy atom. The second-order valence-corrected chi connectivity index (χ2v) is 3.95. The van der Waals surface area contributed by atoms with Gasteiger partial charge in [-0.25, -0.2) is 4.98 Å². The minimum Gasteiger partial charge on any atom is -0.225 e. The quantitative estimate of drug-likeness (QED) is 0.739. The summed E-state index contributed by atoms with van der Waals surface area (Å²) in [6.45, 7) is 0. The predicted octanol–water partition coefficient (Wildman–Crippen LogP) is 3.34. The van der Waals surface area contributed by atoms with E-state index >= 15 is 0 Å². The SMILES string of the molecule is N#Cc1csc(-c2ccc(Cl)cc2)n1. The maximum absolute atomic E-state index is 8.62. The van der Waals surface area contributed by atoms with Crippen molar-refractivity contribution in [3.05, 3.63) is 40.4 Å². The Balaban J connectivity index is 2.40. The third-order valence-electron chi connectivity index (χ3n) is 1.71. The van der Waals surface area contributed by atoms with E-state index in [9.17, 15) is 0 Å². The number of hydrogen-bond acceptors (Lipinski definition) is 3. The summed E-state index contributed by atoms with van der Waals surface area (Å²) in [7, 11) is 0. The number of thiazole rings is 1. The molecular weight excluding hydrogens is 216 g/mol. The van der Waals surface area contributed by atoms with Gasteiger partial charge in [0, 0.05) is 16.0 Å². The normalized spacial score (nSPS) is 9.71. The van der Waals surface area contributed by atoms with Crippen LogP contribution in [0.2, 0.25) is 5.02 Å². The minimum absolute atomic E-state index is 0.458. The lowest BCUT2D eigenvalue weighted by atomic mass is 10.2. The highest BCUT2D eigenvalue weighted by molar-refractivity contribution is 7.13. The molecule has 1 heterocycles. The number of nitrogens with zero attached hydrogens (tertiary/aromatic N) is 2. The highest BCUT2D eigenvalue weighted by Gasteiger charge is 2.03. The molecule has 0 saturated carbocycles. The maximum atomic E-state index is 8.62. The van der Waals surface area contributed by atoms with Gasteiger partial charge in [0.25, 0.3) is 0 Å². The number of aromatic nitrogens is 1. The minimum atomic E-state index is 0.458. The molecule has 14 heavy (non-hydrogen) atoms. The fourth-order valence-corrected chi connectivity index (χ4v) is 1.93. The zero-order valence-electron chi connectivity index (χ0n) is 7.07. The Morgan fingerprint density at radius 3 is 2.57 bits per heavy atom. The molecule has 0 aliphatic rings. The van der Waals surface area contributed by atoms with Crippen LogP contribution in [0.15, 0.2) is 29.6 Å². The van der Waals surface area contributed by atoms with Gasteiger partial charge in [0.1, 0.15) is 11.1 Å².